The van der Waals surface area contributed by atoms with Gasteiger partial charge in [0.1, 0.15) is 5.43 Å². The number of rotatable bonds is 3. The Bertz CT molecular complexity index is 473. The average molecular weight is 291 g/mol. The van der Waals surface area contributed by atoms with Crippen LogP contribution in [0.5, 0.6) is 0 Å². The molecule has 8 nitrogen and oxygen atoms in total. The molecule has 0 spiro atoms. The van der Waals surface area contributed by atoms with E-state index in [9.17, 15) is 20.0 Å². The third-order valence-corrected chi connectivity index (χ3v) is 1.85. The fourth-order valence-electron chi connectivity index (χ4n) is 1.12. The van der Waals surface area contributed by atoms with Gasteiger partial charge in [-0.25, -0.2) is 4.79 Å². The molecule has 0 heterocycles. The molecule has 1 aromatic rings. The van der Waals surface area contributed by atoms with Crippen molar-refractivity contribution in [2.24, 2.45) is 0 Å². The van der Waals surface area contributed by atoms with Crippen LogP contribution in [-0.2, 0) is 9.53 Å². The van der Waals surface area contributed by atoms with Crippen molar-refractivity contribution < 1.29 is 29.5 Å². The Morgan fingerprint density at radius 2 is 1.89 bits per heavy atom. The molecule has 0 aromatic heterocycles. The highest BCUT2D eigenvalue weighted by Gasteiger charge is 2.25. The lowest BCUT2D eigenvalue weighted by molar-refractivity contribution is -0.386. The van der Waals surface area contributed by atoms with E-state index in [-0.39, 0.29) is 11.3 Å². The maximum absolute atomic E-state index is 11.0. The average Bonchev–Trinajstić information content (AvgIpc) is 2.36. The van der Waals surface area contributed by atoms with Gasteiger partial charge < -0.3 is 19.7 Å². The molecule has 1 atom stereocenters. The van der Waals surface area contributed by atoms with Crippen LogP contribution in [0.15, 0.2) is 24.3 Å². The Labute approximate surface area is 112 Å². The monoisotopic (exact) mass is 290 g/mol. The van der Waals surface area contributed by atoms with E-state index in [1.807, 2.05) is 0 Å². The van der Waals surface area contributed by atoms with Gasteiger partial charge >= 0.3 is 5.97 Å². The summed E-state index contributed by atoms with van der Waals surface area (Å²) in [5, 5.41) is 28.7. The number of hydrogen-bond acceptors (Lipinski definition) is 7. The van der Waals surface area contributed by atoms with Crippen molar-refractivity contribution in [2.75, 3.05) is 7.11 Å². The summed E-state index contributed by atoms with van der Waals surface area (Å²) in [5.41, 5.74) is -2.00. The summed E-state index contributed by atoms with van der Waals surface area (Å²) in [6.45, 7) is 0. The number of nitrogens with zero attached hydrogens (tertiary/aromatic N) is 1. The number of para-hydroxylation sites is 1. The van der Waals surface area contributed by atoms with Gasteiger partial charge in [-0.2, -0.15) is 0 Å². The summed E-state index contributed by atoms with van der Waals surface area (Å²) in [6.07, 6.45) is -1.63. The van der Waals surface area contributed by atoms with Crippen LogP contribution in [0, 0.1) is 10.1 Å². The number of carbonyl (C=O) groups excluding carboxylic acids is 2. The summed E-state index contributed by atoms with van der Waals surface area (Å²) in [6, 6.07) is 5.46. The minimum absolute atomic E-state index is 0.0747. The van der Waals surface area contributed by atoms with Crippen molar-refractivity contribution in [3.8, 4) is 0 Å². The Morgan fingerprint density at radius 3 is 2.32 bits per heavy atom. The minimum Gasteiger partial charge on any atom is -0.534 e. The molecule has 0 bridgehead atoms. The number of carboxylic acid groups (broad SMARTS) is 1. The molecule has 1 aromatic carbocycles. The van der Waals surface area contributed by atoms with Crippen molar-refractivity contribution in [3.05, 3.63) is 39.9 Å². The minimum atomic E-state index is -1.63. The molecule has 0 amide bonds. The van der Waals surface area contributed by atoms with Gasteiger partial charge in [-0.05, 0) is 6.07 Å². The number of halogens is 1. The first-order valence-corrected chi connectivity index (χ1v) is 5.04. The third-order valence-electron chi connectivity index (χ3n) is 1.85. The van der Waals surface area contributed by atoms with Gasteiger partial charge in [-0.15, -0.1) is 0 Å². The van der Waals surface area contributed by atoms with Crippen molar-refractivity contribution in [2.45, 2.75) is 6.10 Å². The standard InChI is InChI=1S/C9H9NO5.CHClO2/c1-15-9(12)8(11)6-4-2-3-5-7(6)10(13)14;2-1(3)4/h2-5,8,11H,1H3;(H,3,4)/p-1. The summed E-state index contributed by atoms with van der Waals surface area (Å²) in [4.78, 5) is 29.6. The predicted octanol–water partition coefficient (Wildman–Crippen LogP) is 0.370. The number of aliphatic hydroxyl groups excluding tert-OH is 1. The van der Waals surface area contributed by atoms with Gasteiger partial charge in [-0.1, -0.05) is 23.7 Å². The van der Waals surface area contributed by atoms with Gasteiger partial charge in [0.2, 0.25) is 0 Å². The molecular weight excluding hydrogens is 282 g/mol. The molecule has 0 fully saturated rings. The molecule has 1 unspecified atom stereocenters. The lowest BCUT2D eigenvalue weighted by Gasteiger charge is -2.08. The topological polar surface area (TPSA) is 130 Å². The summed E-state index contributed by atoms with van der Waals surface area (Å²) >= 11 is 4.08. The molecule has 1 N–H and O–H groups in total. The smallest absolute Gasteiger partial charge is 0.339 e. The Morgan fingerprint density at radius 1 is 1.42 bits per heavy atom. The first-order chi connectivity index (χ1) is 8.81. The normalized spacial score (nSPS) is 10.7. The van der Waals surface area contributed by atoms with Crippen LogP contribution >= 0.6 is 11.6 Å². The summed E-state index contributed by atoms with van der Waals surface area (Å²) < 4.78 is 4.29. The van der Waals surface area contributed by atoms with Gasteiger partial charge in [0, 0.05) is 6.07 Å². The van der Waals surface area contributed by atoms with Crippen LogP contribution in [0.3, 0.4) is 0 Å². The van der Waals surface area contributed by atoms with E-state index in [0.717, 1.165) is 7.11 Å². The number of nitro benzene ring substituents is 1. The fraction of sp³-hybridized carbons (Fsp3) is 0.200. The van der Waals surface area contributed by atoms with E-state index in [0.29, 0.717) is 0 Å². The zero-order valence-corrected chi connectivity index (χ0v) is 10.4. The van der Waals surface area contributed by atoms with E-state index >= 15 is 0 Å². The van der Waals surface area contributed by atoms with E-state index < -0.39 is 22.4 Å². The largest absolute Gasteiger partial charge is 0.534 e. The second-order valence-electron chi connectivity index (χ2n) is 2.98. The highest BCUT2D eigenvalue weighted by atomic mass is 35.5. The number of benzene rings is 1. The highest BCUT2D eigenvalue weighted by molar-refractivity contribution is 6.59. The van der Waals surface area contributed by atoms with E-state index in [4.69, 9.17) is 9.90 Å². The van der Waals surface area contributed by atoms with Gasteiger partial charge in [0.05, 0.1) is 17.6 Å². The lowest BCUT2D eigenvalue weighted by atomic mass is 10.1. The first kappa shape index (κ1) is 16.8. The molecular formula is C10H9ClNO7-. The summed E-state index contributed by atoms with van der Waals surface area (Å²) in [5.74, 6) is -0.927. The van der Waals surface area contributed by atoms with Crippen molar-refractivity contribution >= 4 is 28.7 Å². The predicted molar refractivity (Wildman–Crippen MR) is 61.3 cm³/mol. The SMILES string of the molecule is COC(=O)C(O)c1ccccc1[N+](=O)[O-].O=C([O-])Cl. The quantitative estimate of drug-likeness (QED) is 0.368. The molecule has 0 radical (unpaired) electrons. The maximum Gasteiger partial charge on any atom is 0.339 e. The summed E-state index contributed by atoms with van der Waals surface area (Å²) in [7, 11) is 1.10. The first-order valence-electron chi connectivity index (χ1n) is 4.67. The molecule has 0 aliphatic rings. The van der Waals surface area contributed by atoms with Gasteiger partial charge in [0.25, 0.3) is 5.69 Å². The number of methoxy groups -OCH3 is 1. The number of aliphatic hydroxyl groups is 1. The zero-order valence-electron chi connectivity index (χ0n) is 9.61. The third kappa shape index (κ3) is 5.80. The molecule has 1 rings (SSSR count). The van der Waals surface area contributed by atoms with E-state index in [1.54, 1.807) is 0 Å². The molecule has 9 heteroatoms. The number of esters is 1. The molecule has 19 heavy (non-hydrogen) atoms. The van der Waals surface area contributed by atoms with Gasteiger partial charge in [0.15, 0.2) is 6.10 Å². The van der Waals surface area contributed by atoms with Crippen LogP contribution in [0.25, 0.3) is 0 Å². The molecule has 0 saturated carbocycles. The number of carbonyl (C=O) groups is 2. The second-order valence-corrected chi connectivity index (χ2v) is 3.29. The lowest BCUT2D eigenvalue weighted by Crippen LogP contribution is -2.14. The second kappa shape index (κ2) is 8.01. The Kier molecular flexibility index (Phi) is 7.08. The molecule has 0 saturated heterocycles. The number of ether oxygens (including phenoxy) is 1. The Balaban J connectivity index is 0.000000711. The molecule has 104 valence electrons. The number of nitro groups is 1. The molecule has 0 aliphatic heterocycles. The van der Waals surface area contributed by atoms with Crippen molar-refractivity contribution in [1.29, 1.82) is 0 Å². The molecule has 0 aliphatic carbocycles. The fourth-order valence-corrected chi connectivity index (χ4v) is 1.12. The highest BCUT2D eigenvalue weighted by Crippen LogP contribution is 2.25. The van der Waals surface area contributed by atoms with Crippen LogP contribution in [0.2, 0.25) is 0 Å². The van der Waals surface area contributed by atoms with E-state index in [1.165, 1.54) is 24.3 Å². The zero-order chi connectivity index (χ0) is 15.0. The van der Waals surface area contributed by atoms with Crippen LogP contribution < -0.4 is 5.11 Å². The van der Waals surface area contributed by atoms with Crippen molar-refractivity contribution in [3.63, 3.8) is 0 Å². The van der Waals surface area contributed by atoms with Gasteiger partial charge in [-0.3, -0.25) is 10.1 Å². The van der Waals surface area contributed by atoms with E-state index in [2.05, 4.69) is 16.3 Å². The van der Waals surface area contributed by atoms with Crippen LogP contribution in [-0.4, -0.2) is 28.5 Å². The van der Waals surface area contributed by atoms with Crippen LogP contribution in [0.1, 0.15) is 11.7 Å². The Hall–Kier alpha value is -2.19. The number of hydrogen-bond donors (Lipinski definition) is 1. The maximum atomic E-state index is 11.0. The van der Waals surface area contributed by atoms with Crippen LogP contribution in [0.4, 0.5) is 10.5 Å². The van der Waals surface area contributed by atoms with Crippen molar-refractivity contribution in [1.82, 2.24) is 0 Å².